The van der Waals surface area contributed by atoms with E-state index in [1.807, 2.05) is 13.8 Å². The van der Waals surface area contributed by atoms with E-state index in [0.717, 1.165) is 0 Å². The first kappa shape index (κ1) is 15.9. The number of tetrazole rings is 1. The minimum Gasteiger partial charge on any atom is -0.479 e. The van der Waals surface area contributed by atoms with Crippen LogP contribution in [-0.2, 0) is 16.0 Å². The molecule has 3 rings (SSSR count). The van der Waals surface area contributed by atoms with Gasteiger partial charge in [-0.3, -0.25) is 9.59 Å². The molecule has 9 nitrogen and oxygen atoms in total. The lowest BCUT2D eigenvalue weighted by Gasteiger charge is -2.23. The molecule has 0 radical (unpaired) electrons. The molecular weight excluding hydrogens is 312 g/mol. The molecule has 0 spiro atoms. The first-order chi connectivity index (χ1) is 11.4. The number of hydrogen-bond acceptors (Lipinski definition) is 6. The van der Waals surface area contributed by atoms with Crippen LogP contribution in [0.5, 0.6) is 5.75 Å². The summed E-state index contributed by atoms with van der Waals surface area (Å²) in [6.07, 6.45) is -0.517. The number of nitrogens with zero attached hydrogens (tertiary/aromatic N) is 4. The molecule has 2 aromatic rings. The molecule has 9 heteroatoms. The Morgan fingerprint density at radius 2 is 2.25 bits per heavy atom. The fraction of sp³-hybridized carbons (Fsp3) is 0.400. The summed E-state index contributed by atoms with van der Waals surface area (Å²) >= 11 is 0. The molecule has 1 aromatic heterocycles. The highest BCUT2D eigenvalue weighted by Gasteiger charge is 2.23. The Bertz CT molecular complexity index is 785. The Labute approximate surface area is 138 Å². The Morgan fingerprint density at radius 3 is 2.96 bits per heavy atom. The second kappa shape index (κ2) is 6.26. The number of ether oxygens (including phenoxy) is 1. The van der Waals surface area contributed by atoms with Gasteiger partial charge >= 0.3 is 0 Å². The molecule has 1 atom stereocenters. The average molecular weight is 330 g/mol. The van der Waals surface area contributed by atoms with E-state index in [1.54, 1.807) is 25.1 Å². The molecule has 1 aliphatic rings. The zero-order chi connectivity index (χ0) is 17.3. The third kappa shape index (κ3) is 3.34. The maximum absolute atomic E-state index is 12.1. The summed E-state index contributed by atoms with van der Waals surface area (Å²) in [4.78, 5) is 25.2. The van der Waals surface area contributed by atoms with Crippen molar-refractivity contribution in [1.82, 2.24) is 20.2 Å². The van der Waals surface area contributed by atoms with Gasteiger partial charge in [0.15, 0.2) is 11.9 Å². The number of carbonyl (C=O) groups is 2. The largest absolute Gasteiger partial charge is 0.479 e. The van der Waals surface area contributed by atoms with Gasteiger partial charge in [-0.1, -0.05) is 0 Å². The molecule has 1 aromatic carbocycles. The van der Waals surface area contributed by atoms with Crippen molar-refractivity contribution in [2.24, 2.45) is 0 Å². The topological polar surface area (TPSA) is 111 Å². The maximum Gasteiger partial charge on any atom is 0.265 e. The first-order valence-corrected chi connectivity index (χ1v) is 7.62. The van der Waals surface area contributed by atoms with Crippen LogP contribution in [0.3, 0.4) is 0 Å². The molecule has 24 heavy (non-hydrogen) atoms. The Morgan fingerprint density at radius 1 is 1.46 bits per heavy atom. The Kier molecular flexibility index (Phi) is 4.15. The molecule has 0 saturated carbocycles. The van der Waals surface area contributed by atoms with Crippen LogP contribution in [0.15, 0.2) is 18.2 Å². The average Bonchev–Trinajstić information content (AvgIpc) is 2.97. The molecule has 0 aliphatic carbocycles. The number of carbonyl (C=O) groups excluding carboxylic acids is 2. The van der Waals surface area contributed by atoms with Crippen LogP contribution in [0.2, 0.25) is 0 Å². The quantitative estimate of drug-likeness (QED) is 0.870. The van der Waals surface area contributed by atoms with Crippen LogP contribution in [0, 0.1) is 0 Å². The smallest absolute Gasteiger partial charge is 0.265 e. The van der Waals surface area contributed by atoms with Gasteiger partial charge in [0.25, 0.3) is 5.91 Å². The highest BCUT2D eigenvalue weighted by atomic mass is 16.5. The minimum atomic E-state index is -0.535. The number of benzene rings is 1. The molecule has 0 bridgehead atoms. The summed E-state index contributed by atoms with van der Waals surface area (Å²) in [5, 5.41) is 17.3. The second-order valence-electron chi connectivity index (χ2n) is 5.81. The highest BCUT2D eigenvalue weighted by molar-refractivity contribution is 5.99. The lowest BCUT2D eigenvalue weighted by molar-refractivity contribution is -0.122. The molecule has 2 heterocycles. The Balaban J connectivity index is 1.66. The van der Waals surface area contributed by atoms with E-state index in [-0.39, 0.29) is 24.3 Å². The van der Waals surface area contributed by atoms with Crippen molar-refractivity contribution in [3.05, 3.63) is 24.0 Å². The zero-order valence-corrected chi connectivity index (χ0v) is 13.6. The van der Waals surface area contributed by atoms with Gasteiger partial charge in [0.05, 0.1) is 18.2 Å². The van der Waals surface area contributed by atoms with Gasteiger partial charge in [-0.15, -0.1) is 10.2 Å². The van der Waals surface area contributed by atoms with Gasteiger partial charge in [-0.05, 0) is 44.2 Å². The van der Waals surface area contributed by atoms with Gasteiger partial charge in [0.2, 0.25) is 5.91 Å². The summed E-state index contributed by atoms with van der Waals surface area (Å²) in [5.74, 6) is 0.432. The first-order valence-electron chi connectivity index (χ1n) is 7.62. The van der Waals surface area contributed by atoms with E-state index in [0.29, 0.717) is 22.9 Å². The normalized spacial score (nSPS) is 16.3. The van der Waals surface area contributed by atoms with Crippen molar-refractivity contribution >= 4 is 23.2 Å². The molecule has 0 fully saturated rings. The fourth-order valence-corrected chi connectivity index (χ4v) is 2.18. The highest BCUT2D eigenvalue weighted by Crippen LogP contribution is 2.32. The predicted molar refractivity (Wildman–Crippen MR) is 85.7 cm³/mol. The summed E-state index contributed by atoms with van der Waals surface area (Å²) in [6, 6.07) is 5.14. The van der Waals surface area contributed by atoms with Gasteiger partial charge in [-0.2, -0.15) is 4.80 Å². The van der Waals surface area contributed by atoms with E-state index in [2.05, 4.69) is 26.0 Å². The number of amides is 2. The van der Waals surface area contributed by atoms with E-state index >= 15 is 0 Å². The summed E-state index contributed by atoms with van der Waals surface area (Å²) in [6.45, 7) is 5.52. The number of hydrogen-bond donors (Lipinski definition) is 2. The van der Waals surface area contributed by atoms with E-state index in [1.165, 1.54) is 4.80 Å². The third-order valence-corrected chi connectivity index (χ3v) is 3.44. The fourth-order valence-electron chi connectivity index (χ4n) is 2.18. The summed E-state index contributed by atoms with van der Waals surface area (Å²) in [7, 11) is 0. The van der Waals surface area contributed by atoms with Crippen molar-refractivity contribution < 1.29 is 14.3 Å². The van der Waals surface area contributed by atoms with Gasteiger partial charge in [0.1, 0.15) is 5.75 Å². The van der Waals surface area contributed by atoms with Crippen LogP contribution in [-0.4, -0.2) is 38.1 Å². The monoisotopic (exact) mass is 330 g/mol. The van der Waals surface area contributed by atoms with Crippen LogP contribution >= 0.6 is 0 Å². The molecule has 2 amide bonds. The number of fused-ring (bicyclic) bond motifs is 1. The van der Waals surface area contributed by atoms with Crippen molar-refractivity contribution in [2.75, 3.05) is 10.6 Å². The molecule has 2 N–H and O–H groups in total. The Hall–Kier alpha value is -2.97. The summed E-state index contributed by atoms with van der Waals surface area (Å²) < 4.78 is 5.47. The van der Waals surface area contributed by atoms with Gasteiger partial charge in [-0.25, -0.2) is 0 Å². The van der Waals surface area contributed by atoms with Gasteiger partial charge < -0.3 is 15.4 Å². The molecule has 0 saturated heterocycles. The number of aromatic nitrogens is 4. The lowest BCUT2D eigenvalue weighted by atomic mass is 10.2. The maximum atomic E-state index is 12.1. The standard InChI is InChI=1S/C15H18N6O3/c1-8(2)21-19-13(18-20-21)7-14(22)16-10-4-5-12-11(6-10)17-15(23)9(3)24-12/h4-6,8-9H,7H2,1-3H3,(H,16,22)(H,17,23)/t9-/m1/s1. The van der Waals surface area contributed by atoms with Crippen LogP contribution in [0.4, 0.5) is 11.4 Å². The van der Waals surface area contributed by atoms with Crippen LogP contribution in [0.25, 0.3) is 0 Å². The molecule has 1 aliphatic heterocycles. The molecule has 0 unspecified atom stereocenters. The van der Waals surface area contributed by atoms with Gasteiger partial charge in [0, 0.05) is 5.69 Å². The number of nitrogens with one attached hydrogen (secondary N) is 2. The van der Waals surface area contributed by atoms with E-state index < -0.39 is 6.10 Å². The SMILES string of the molecule is CC(C)n1nnc(CC(=O)Nc2ccc3c(c2)NC(=O)[C@@H](C)O3)n1. The number of anilines is 2. The molecule has 126 valence electrons. The zero-order valence-electron chi connectivity index (χ0n) is 13.6. The van der Waals surface area contributed by atoms with Crippen molar-refractivity contribution in [3.8, 4) is 5.75 Å². The van der Waals surface area contributed by atoms with Crippen molar-refractivity contribution in [2.45, 2.75) is 39.3 Å². The predicted octanol–water partition coefficient (Wildman–Crippen LogP) is 1.15. The lowest BCUT2D eigenvalue weighted by Crippen LogP contribution is -2.34. The van der Waals surface area contributed by atoms with E-state index in [9.17, 15) is 9.59 Å². The van der Waals surface area contributed by atoms with Crippen LogP contribution in [0.1, 0.15) is 32.6 Å². The number of rotatable bonds is 4. The second-order valence-corrected chi connectivity index (χ2v) is 5.81. The minimum absolute atomic E-state index is 0.0176. The molecular formula is C15H18N6O3. The van der Waals surface area contributed by atoms with Crippen LogP contribution < -0.4 is 15.4 Å². The van der Waals surface area contributed by atoms with Crippen molar-refractivity contribution in [3.63, 3.8) is 0 Å². The summed E-state index contributed by atoms with van der Waals surface area (Å²) in [5.41, 5.74) is 1.08. The third-order valence-electron chi connectivity index (χ3n) is 3.44. The van der Waals surface area contributed by atoms with Crippen molar-refractivity contribution in [1.29, 1.82) is 0 Å². The van der Waals surface area contributed by atoms with E-state index in [4.69, 9.17) is 4.74 Å².